The maximum Gasteiger partial charge on any atom is 0.272 e. The summed E-state index contributed by atoms with van der Waals surface area (Å²) in [5, 5.41) is 0. The molecule has 0 aliphatic rings. The second kappa shape index (κ2) is 7.70. The number of carbonyl (C=O) groups excluding carboxylic acids is 1. The lowest BCUT2D eigenvalue weighted by molar-refractivity contribution is 0.0666. The first kappa shape index (κ1) is 15.4. The van der Waals surface area contributed by atoms with E-state index in [2.05, 4.69) is 24.3 Å². The van der Waals surface area contributed by atoms with Gasteiger partial charge in [0, 0.05) is 26.4 Å². The Labute approximate surface area is 113 Å². The number of aromatic nitrogens is 1. The van der Waals surface area contributed by atoms with E-state index in [4.69, 9.17) is 10.6 Å². The van der Waals surface area contributed by atoms with Gasteiger partial charge in [-0.05, 0) is 18.1 Å². The molecule has 19 heavy (non-hydrogen) atoms. The third-order valence-electron chi connectivity index (χ3n) is 2.58. The van der Waals surface area contributed by atoms with Crippen molar-refractivity contribution in [2.45, 2.75) is 13.8 Å². The standard InChI is InChI=1S/C13H22N4O2/c1-10(2)9-17(6-7-19-3)13(18)12-8-11(16-14)4-5-15-12/h4-5,8,10H,6-7,9,14H2,1-3H3,(H,15,16). The molecule has 6 heteroatoms. The molecule has 0 saturated heterocycles. The fourth-order valence-corrected chi connectivity index (χ4v) is 1.72. The van der Waals surface area contributed by atoms with Crippen LogP contribution in [0.3, 0.4) is 0 Å². The normalized spacial score (nSPS) is 10.6. The van der Waals surface area contributed by atoms with Crippen LogP contribution in [-0.2, 0) is 4.74 Å². The predicted molar refractivity (Wildman–Crippen MR) is 74.7 cm³/mol. The third-order valence-corrected chi connectivity index (χ3v) is 2.58. The van der Waals surface area contributed by atoms with Gasteiger partial charge in [-0.25, -0.2) is 0 Å². The number of carbonyl (C=O) groups is 1. The maximum absolute atomic E-state index is 12.4. The highest BCUT2D eigenvalue weighted by Gasteiger charge is 2.18. The van der Waals surface area contributed by atoms with E-state index < -0.39 is 0 Å². The summed E-state index contributed by atoms with van der Waals surface area (Å²) in [6.07, 6.45) is 1.56. The second-order valence-electron chi connectivity index (χ2n) is 4.71. The van der Waals surface area contributed by atoms with Gasteiger partial charge in [-0.1, -0.05) is 13.8 Å². The number of nitrogens with zero attached hydrogens (tertiary/aromatic N) is 2. The van der Waals surface area contributed by atoms with Crippen LogP contribution < -0.4 is 11.3 Å². The second-order valence-corrected chi connectivity index (χ2v) is 4.71. The van der Waals surface area contributed by atoms with E-state index in [1.807, 2.05) is 0 Å². The zero-order valence-electron chi connectivity index (χ0n) is 11.7. The van der Waals surface area contributed by atoms with E-state index in [1.165, 1.54) is 0 Å². The van der Waals surface area contributed by atoms with Crippen molar-refractivity contribution in [3.8, 4) is 0 Å². The molecule has 1 amide bonds. The third kappa shape index (κ3) is 4.84. The van der Waals surface area contributed by atoms with E-state index in [0.29, 0.717) is 37.0 Å². The van der Waals surface area contributed by atoms with Crippen LogP contribution in [0.15, 0.2) is 18.3 Å². The largest absolute Gasteiger partial charge is 0.383 e. The van der Waals surface area contributed by atoms with Gasteiger partial charge in [-0.15, -0.1) is 0 Å². The molecule has 0 aromatic carbocycles. The highest BCUT2D eigenvalue weighted by Crippen LogP contribution is 2.10. The van der Waals surface area contributed by atoms with Crippen LogP contribution in [0.5, 0.6) is 0 Å². The molecular weight excluding hydrogens is 244 g/mol. The van der Waals surface area contributed by atoms with Crippen LogP contribution in [-0.4, -0.2) is 42.6 Å². The van der Waals surface area contributed by atoms with Gasteiger partial charge < -0.3 is 15.1 Å². The Hall–Kier alpha value is -1.66. The molecule has 1 heterocycles. The average molecular weight is 266 g/mol. The summed E-state index contributed by atoms with van der Waals surface area (Å²) >= 11 is 0. The Morgan fingerprint density at radius 3 is 2.89 bits per heavy atom. The lowest BCUT2D eigenvalue weighted by Crippen LogP contribution is -2.37. The summed E-state index contributed by atoms with van der Waals surface area (Å²) in [6, 6.07) is 3.35. The number of hydrogen-bond acceptors (Lipinski definition) is 5. The summed E-state index contributed by atoms with van der Waals surface area (Å²) in [7, 11) is 1.62. The van der Waals surface area contributed by atoms with Crippen LogP contribution in [0.4, 0.5) is 5.69 Å². The van der Waals surface area contributed by atoms with E-state index in [0.717, 1.165) is 0 Å². The maximum atomic E-state index is 12.4. The summed E-state index contributed by atoms with van der Waals surface area (Å²) in [6.45, 7) is 5.86. The van der Waals surface area contributed by atoms with Gasteiger partial charge in [-0.3, -0.25) is 15.6 Å². The number of methoxy groups -OCH3 is 1. The lowest BCUT2D eigenvalue weighted by Gasteiger charge is -2.24. The van der Waals surface area contributed by atoms with Crippen LogP contribution in [0.25, 0.3) is 0 Å². The first-order chi connectivity index (χ1) is 9.08. The SMILES string of the molecule is COCCN(CC(C)C)C(=O)c1cc(NN)ccn1. The summed E-state index contributed by atoms with van der Waals surface area (Å²) < 4.78 is 5.04. The topological polar surface area (TPSA) is 80.5 Å². The molecule has 0 atom stereocenters. The van der Waals surface area contributed by atoms with Crippen LogP contribution in [0, 0.1) is 5.92 Å². The molecule has 0 aliphatic carbocycles. The Morgan fingerprint density at radius 2 is 2.32 bits per heavy atom. The Bertz CT molecular complexity index is 409. The zero-order valence-corrected chi connectivity index (χ0v) is 11.7. The predicted octanol–water partition coefficient (Wildman–Crippen LogP) is 1.11. The minimum absolute atomic E-state index is 0.108. The minimum Gasteiger partial charge on any atom is -0.383 e. The van der Waals surface area contributed by atoms with Gasteiger partial charge >= 0.3 is 0 Å². The minimum atomic E-state index is -0.108. The van der Waals surface area contributed by atoms with Gasteiger partial charge in [0.2, 0.25) is 0 Å². The van der Waals surface area contributed by atoms with Gasteiger partial charge in [0.05, 0.1) is 12.3 Å². The van der Waals surface area contributed by atoms with Crippen LogP contribution >= 0.6 is 0 Å². The van der Waals surface area contributed by atoms with Crippen molar-refractivity contribution < 1.29 is 9.53 Å². The molecule has 0 fully saturated rings. The van der Waals surface area contributed by atoms with Gasteiger partial charge in [0.25, 0.3) is 5.91 Å². The van der Waals surface area contributed by atoms with Crippen molar-refractivity contribution in [3.05, 3.63) is 24.0 Å². The van der Waals surface area contributed by atoms with E-state index in [1.54, 1.807) is 30.3 Å². The smallest absolute Gasteiger partial charge is 0.272 e. The number of nitrogens with two attached hydrogens (primary N) is 1. The highest BCUT2D eigenvalue weighted by molar-refractivity contribution is 5.93. The summed E-state index contributed by atoms with van der Waals surface area (Å²) in [5.74, 6) is 5.61. The number of anilines is 1. The Morgan fingerprint density at radius 1 is 1.58 bits per heavy atom. The van der Waals surface area contributed by atoms with E-state index >= 15 is 0 Å². The molecule has 0 spiro atoms. The number of ether oxygens (including phenoxy) is 1. The summed E-state index contributed by atoms with van der Waals surface area (Å²) in [4.78, 5) is 18.2. The fourth-order valence-electron chi connectivity index (χ4n) is 1.72. The van der Waals surface area contributed by atoms with E-state index in [9.17, 15) is 4.79 Å². The molecule has 1 aromatic rings. The molecule has 0 aliphatic heterocycles. The van der Waals surface area contributed by atoms with Crippen LogP contribution in [0.2, 0.25) is 0 Å². The molecular formula is C13H22N4O2. The van der Waals surface area contributed by atoms with Gasteiger partial charge in [0.1, 0.15) is 5.69 Å². The van der Waals surface area contributed by atoms with Crippen molar-refractivity contribution in [1.29, 1.82) is 0 Å². The molecule has 0 bridgehead atoms. The number of hydrazine groups is 1. The number of nitrogen functional groups attached to an aromatic ring is 1. The number of hydrogen-bond donors (Lipinski definition) is 2. The van der Waals surface area contributed by atoms with Crippen LogP contribution in [0.1, 0.15) is 24.3 Å². The first-order valence-corrected chi connectivity index (χ1v) is 6.29. The molecule has 0 radical (unpaired) electrons. The number of amides is 1. The zero-order chi connectivity index (χ0) is 14.3. The van der Waals surface area contributed by atoms with Crippen molar-refractivity contribution in [3.63, 3.8) is 0 Å². The first-order valence-electron chi connectivity index (χ1n) is 6.29. The molecule has 106 valence electrons. The van der Waals surface area contributed by atoms with Gasteiger partial charge in [0.15, 0.2) is 0 Å². The quantitative estimate of drug-likeness (QED) is 0.571. The molecule has 1 aromatic heterocycles. The fraction of sp³-hybridized carbons (Fsp3) is 0.538. The average Bonchev–Trinajstić information content (AvgIpc) is 2.42. The van der Waals surface area contributed by atoms with Gasteiger partial charge in [-0.2, -0.15) is 0 Å². The molecule has 0 saturated carbocycles. The molecule has 0 unspecified atom stereocenters. The number of pyridine rings is 1. The van der Waals surface area contributed by atoms with Crippen molar-refractivity contribution in [2.24, 2.45) is 11.8 Å². The lowest BCUT2D eigenvalue weighted by atomic mass is 10.2. The molecule has 3 N–H and O–H groups in total. The summed E-state index contributed by atoms with van der Waals surface area (Å²) in [5.41, 5.74) is 3.55. The Kier molecular flexibility index (Phi) is 6.24. The molecule has 6 nitrogen and oxygen atoms in total. The Balaban J connectivity index is 2.84. The van der Waals surface area contributed by atoms with Crippen molar-refractivity contribution in [2.75, 3.05) is 32.2 Å². The van der Waals surface area contributed by atoms with Crippen molar-refractivity contribution >= 4 is 11.6 Å². The number of rotatable bonds is 7. The van der Waals surface area contributed by atoms with Crippen molar-refractivity contribution in [1.82, 2.24) is 9.88 Å². The monoisotopic (exact) mass is 266 g/mol. The number of nitrogens with one attached hydrogen (secondary N) is 1. The highest BCUT2D eigenvalue weighted by atomic mass is 16.5. The molecule has 1 rings (SSSR count). The van der Waals surface area contributed by atoms with E-state index in [-0.39, 0.29) is 5.91 Å².